The molecule has 4 aromatic heterocycles. The van der Waals surface area contributed by atoms with Gasteiger partial charge in [-0.25, -0.2) is 4.98 Å². The molecule has 8 bridgehead atoms. The fourth-order valence-electron chi connectivity index (χ4n) is 7.24. The monoisotopic (exact) mass is 550 g/mol. The van der Waals surface area contributed by atoms with Crippen molar-refractivity contribution in [1.82, 2.24) is 19.9 Å². The van der Waals surface area contributed by atoms with Gasteiger partial charge in [-0.1, -0.05) is 55.4 Å². The first-order valence-corrected chi connectivity index (χ1v) is 15.9. The number of aryl methyl sites for hydroxylation is 6. The molecule has 0 fully saturated rings. The van der Waals surface area contributed by atoms with Crippen molar-refractivity contribution in [2.24, 2.45) is 0 Å². The highest BCUT2D eigenvalue weighted by atomic mass is 16.1. The average molecular weight is 551 g/mol. The molecule has 0 spiro atoms. The van der Waals surface area contributed by atoms with Crippen molar-refractivity contribution in [3.8, 4) is 0 Å². The van der Waals surface area contributed by atoms with E-state index in [9.17, 15) is 4.79 Å². The van der Waals surface area contributed by atoms with Crippen LogP contribution in [-0.2, 0) is 38.5 Å². The number of allylic oxidation sites excluding steroid dienone is 2. The molecule has 0 aromatic carbocycles. The molecule has 0 saturated carbocycles. The van der Waals surface area contributed by atoms with Crippen molar-refractivity contribution in [2.75, 3.05) is 0 Å². The van der Waals surface area contributed by atoms with Gasteiger partial charge < -0.3 is 15.0 Å². The molecular formula is C36H46N4O. The lowest BCUT2D eigenvalue weighted by Crippen LogP contribution is -2.04. The van der Waals surface area contributed by atoms with Gasteiger partial charge >= 0.3 is 0 Å². The maximum absolute atomic E-state index is 14.4. The van der Waals surface area contributed by atoms with E-state index in [0.717, 1.165) is 101 Å². The quantitative estimate of drug-likeness (QED) is 0.205. The summed E-state index contributed by atoms with van der Waals surface area (Å²) in [4.78, 5) is 30.6. The van der Waals surface area contributed by atoms with E-state index in [1.807, 2.05) is 0 Å². The van der Waals surface area contributed by atoms with Crippen molar-refractivity contribution in [1.29, 1.82) is 0 Å². The van der Waals surface area contributed by atoms with Crippen LogP contribution in [0.2, 0.25) is 0 Å². The van der Waals surface area contributed by atoms with Gasteiger partial charge in [0.05, 0.1) is 22.4 Å². The van der Waals surface area contributed by atoms with Gasteiger partial charge in [0.1, 0.15) is 0 Å². The van der Waals surface area contributed by atoms with Crippen LogP contribution in [0.3, 0.4) is 0 Å². The first kappa shape index (κ1) is 28.9. The maximum Gasteiger partial charge on any atom is 0.225 e. The van der Waals surface area contributed by atoms with Crippen molar-refractivity contribution in [3.05, 3.63) is 73.2 Å². The Morgan fingerprint density at radius 3 is 1.20 bits per heavy atom. The fourth-order valence-corrected chi connectivity index (χ4v) is 7.24. The Bertz CT molecular complexity index is 1840. The molecule has 0 saturated heterocycles. The molecule has 0 unspecified atom stereocenters. The van der Waals surface area contributed by atoms with Gasteiger partial charge in [0.2, 0.25) is 5.43 Å². The van der Waals surface area contributed by atoms with Crippen LogP contribution in [0.5, 0.6) is 0 Å². The lowest BCUT2D eigenvalue weighted by molar-refractivity contribution is 1.07. The first-order chi connectivity index (χ1) is 19.9. The molecule has 0 amide bonds. The van der Waals surface area contributed by atoms with Crippen LogP contribution >= 0.6 is 0 Å². The Morgan fingerprint density at radius 2 is 0.805 bits per heavy atom. The van der Waals surface area contributed by atoms with Crippen LogP contribution in [0.15, 0.2) is 23.0 Å². The van der Waals surface area contributed by atoms with Crippen LogP contribution in [0.1, 0.15) is 113 Å². The Morgan fingerprint density at radius 1 is 0.463 bits per heavy atom. The minimum Gasteiger partial charge on any atom is -0.355 e. The van der Waals surface area contributed by atoms with Crippen LogP contribution < -0.4 is 5.43 Å². The summed E-state index contributed by atoms with van der Waals surface area (Å²) in [6, 6.07) is 6.71. The molecule has 5 rings (SSSR count). The van der Waals surface area contributed by atoms with Gasteiger partial charge in [-0.2, -0.15) is 0 Å². The minimum atomic E-state index is 0.0566. The van der Waals surface area contributed by atoms with Crippen LogP contribution in [0, 0.1) is 0 Å². The third-order valence-electron chi connectivity index (χ3n) is 9.14. The predicted octanol–water partition coefficient (Wildman–Crippen LogP) is 8.99. The summed E-state index contributed by atoms with van der Waals surface area (Å²) in [5, 5.41) is 0. The van der Waals surface area contributed by atoms with E-state index >= 15 is 0 Å². The van der Waals surface area contributed by atoms with E-state index in [0.29, 0.717) is 5.52 Å². The third-order valence-corrected chi connectivity index (χ3v) is 9.14. The van der Waals surface area contributed by atoms with Gasteiger partial charge in [0.25, 0.3) is 0 Å². The van der Waals surface area contributed by atoms with E-state index in [-0.39, 0.29) is 5.43 Å². The summed E-state index contributed by atoms with van der Waals surface area (Å²) in [6.45, 7) is 17.6. The third kappa shape index (κ3) is 4.64. The first-order valence-electron chi connectivity index (χ1n) is 15.9. The maximum atomic E-state index is 14.4. The Kier molecular flexibility index (Phi) is 8.26. The summed E-state index contributed by atoms with van der Waals surface area (Å²) >= 11 is 0. The number of nitrogens with zero attached hydrogens (tertiary/aromatic N) is 1. The van der Waals surface area contributed by atoms with E-state index in [4.69, 9.17) is 4.98 Å². The van der Waals surface area contributed by atoms with Crippen LogP contribution in [0.4, 0.5) is 0 Å². The van der Waals surface area contributed by atoms with E-state index < -0.39 is 0 Å². The lowest BCUT2D eigenvalue weighted by atomic mass is 9.99. The van der Waals surface area contributed by atoms with Crippen molar-refractivity contribution >= 4 is 44.2 Å². The largest absolute Gasteiger partial charge is 0.355 e. The molecule has 5 heterocycles. The molecule has 3 N–H and O–H groups in total. The number of H-pyrrole nitrogens is 3. The average Bonchev–Trinajstić information content (AvgIpc) is 3.71. The highest BCUT2D eigenvalue weighted by molar-refractivity contribution is 5.94. The van der Waals surface area contributed by atoms with E-state index in [2.05, 4.69) is 88.5 Å². The predicted molar refractivity (Wildman–Crippen MR) is 176 cm³/mol. The summed E-state index contributed by atoms with van der Waals surface area (Å²) < 4.78 is 0. The number of hydrogen-bond donors (Lipinski definition) is 3. The highest BCUT2D eigenvalue weighted by Gasteiger charge is 2.20. The number of nitrogens with one attached hydrogen (secondary N) is 3. The second-order valence-electron chi connectivity index (χ2n) is 11.1. The van der Waals surface area contributed by atoms with Crippen molar-refractivity contribution in [2.45, 2.75) is 107 Å². The molecule has 0 aliphatic carbocycles. The summed E-state index contributed by atoms with van der Waals surface area (Å²) in [5.41, 5.74) is 17.9. The Labute approximate surface area is 243 Å². The summed E-state index contributed by atoms with van der Waals surface area (Å²) in [6.07, 6.45) is 7.06. The topological polar surface area (TPSA) is 77.3 Å². The van der Waals surface area contributed by atoms with E-state index in [1.54, 1.807) is 0 Å². The Balaban J connectivity index is 2.11. The van der Waals surface area contributed by atoms with Crippen molar-refractivity contribution in [3.63, 3.8) is 0 Å². The summed E-state index contributed by atoms with van der Waals surface area (Å²) in [5.74, 6) is 0. The van der Waals surface area contributed by atoms with Crippen LogP contribution in [0.25, 0.3) is 44.2 Å². The lowest BCUT2D eigenvalue weighted by Gasteiger charge is -2.03. The fraction of sp³-hybridized carbons (Fsp3) is 0.444. The van der Waals surface area contributed by atoms with Crippen LogP contribution in [-0.4, -0.2) is 19.9 Å². The van der Waals surface area contributed by atoms with Gasteiger partial charge in [0.15, 0.2) is 0 Å². The molecule has 5 nitrogen and oxygen atoms in total. The van der Waals surface area contributed by atoms with Gasteiger partial charge in [0, 0.05) is 22.1 Å². The smallest absolute Gasteiger partial charge is 0.225 e. The standard InChI is InChI=1S/C36H46N4O/c1-9-20-22(11-3)30-18-32-24(13-5)26(15-7)34(39-32)36(41)35-27(16-8)25(14-6)33(40-35)19-31-23(12-4)21(10-2)29(38-31)17-28(20)37-30/h17-19,37,39-40H,9-16H2,1-8H3. The zero-order chi connectivity index (χ0) is 29.4. The van der Waals surface area contributed by atoms with E-state index in [1.165, 1.54) is 33.4 Å². The molecule has 41 heavy (non-hydrogen) atoms. The zero-order valence-corrected chi connectivity index (χ0v) is 26.2. The van der Waals surface area contributed by atoms with Crippen molar-refractivity contribution < 1.29 is 0 Å². The number of aromatic amines is 3. The molecule has 4 aromatic rings. The Hall–Kier alpha value is -3.60. The second-order valence-corrected chi connectivity index (χ2v) is 11.1. The molecular weight excluding hydrogens is 504 g/mol. The SMILES string of the molecule is CCC1=C(CC)c2cc3[nH]c(c(CC)c3CC)c(=O)c3[nH]c(cc4[nH]c(cc1n2)c(CC)c4CC)c(CC)c3CC. The molecule has 216 valence electrons. The number of rotatable bonds is 8. The number of aromatic nitrogens is 4. The molecule has 0 radical (unpaired) electrons. The highest BCUT2D eigenvalue weighted by Crippen LogP contribution is 2.36. The van der Waals surface area contributed by atoms with Gasteiger partial charge in [-0.05, 0) is 114 Å². The molecule has 5 heteroatoms. The van der Waals surface area contributed by atoms with Gasteiger partial charge in [-0.3, -0.25) is 4.79 Å². The normalized spacial score (nSPS) is 12.7. The molecule has 1 aliphatic rings. The zero-order valence-electron chi connectivity index (χ0n) is 26.2. The number of fused-ring (bicyclic) bond motifs is 8. The van der Waals surface area contributed by atoms with Gasteiger partial charge in [-0.15, -0.1) is 0 Å². The summed E-state index contributed by atoms with van der Waals surface area (Å²) in [7, 11) is 0. The molecule has 0 atom stereocenters. The minimum absolute atomic E-state index is 0.0566. The second kappa shape index (κ2) is 11.7. The molecule has 1 aliphatic heterocycles. The number of hydrogen-bond acceptors (Lipinski definition) is 2.